The quantitative estimate of drug-likeness (QED) is 0.623. The van der Waals surface area contributed by atoms with E-state index in [2.05, 4.69) is 21.2 Å². The molecule has 2 heterocycles. The Morgan fingerprint density at radius 2 is 1.96 bits per heavy atom. The van der Waals surface area contributed by atoms with E-state index in [1.54, 1.807) is 24.3 Å². The van der Waals surface area contributed by atoms with E-state index in [0.717, 1.165) is 21.4 Å². The Balaban J connectivity index is 1.59. The highest BCUT2D eigenvalue weighted by molar-refractivity contribution is 9.10. The minimum atomic E-state index is -0.436. The number of hydrogen-bond acceptors (Lipinski definition) is 5. The number of anilines is 1. The Labute approximate surface area is 150 Å². The second-order valence-corrected chi connectivity index (χ2v) is 6.70. The van der Waals surface area contributed by atoms with Crippen LogP contribution in [-0.4, -0.2) is 11.9 Å². The van der Waals surface area contributed by atoms with E-state index in [4.69, 9.17) is 9.15 Å². The summed E-state index contributed by atoms with van der Waals surface area (Å²) in [6.45, 7) is 0.173. The lowest BCUT2D eigenvalue weighted by atomic mass is 10.2. The lowest BCUT2D eigenvalue weighted by molar-refractivity contribution is 0.0477. The van der Waals surface area contributed by atoms with Crippen LogP contribution in [0.15, 0.2) is 63.7 Å². The first-order chi connectivity index (χ1) is 11.6. The van der Waals surface area contributed by atoms with Crippen LogP contribution >= 0.6 is 27.3 Å². The molecule has 0 unspecified atom stereocenters. The Kier molecular flexibility index (Phi) is 5.12. The van der Waals surface area contributed by atoms with Crippen LogP contribution in [0.4, 0.5) is 5.00 Å². The van der Waals surface area contributed by atoms with Gasteiger partial charge in [0.05, 0.1) is 11.3 Å². The maximum absolute atomic E-state index is 12.1. The van der Waals surface area contributed by atoms with Crippen LogP contribution in [0.2, 0.25) is 0 Å². The number of carbonyl (C=O) groups is 2. The zero-order chi connectivity index (χ0) is 16.9. The zero-order valence-electron chi connectivity index (χ0n) is 12.3. The van der Waals surface area contributed by atoms with Gasteiger partial charge in [-0.05, 0) is 30.3 Å². The smallest absolute Gasteiger partial charge is 0.348 e. The minimum absolute atomic E-state index is 0.173. The number of benzene rings is 1. The molecule has 3 rings (SSSR count). The standard InChI is InChI=1S/C17H12BrNO4S/c18-12-5-2-1-4-11(12)10-23-17(21)14-7-8-15(24-14)19-16(20)13-6-3-9-22-13/h1-9H,10H2,(H,19,20). The molecule has 2 aromatic heterocycles. The molecule has 0 bridgehead atoms. The molecule has 0 fully saturated rings. The topological polar surface area (TPSA) is 68.5 Å². The van der Waals surface area contributed by atoms with Crippen LogP contribution in [0.3, 0.4) is 0 Å². The van der Waals surface area contributed by atoms with Crippen molar-refractivity contribution in [3.63, 3.8) is 0 Å². The summed E-state index contributed by atoms with van der Waals surface area (Å²) in [4.78, 5) is 24.4. The third kappa shape index (κ3) is 3.93. The highest BCUT2D eigenvalue weighted by Crippen LogP contribution is 2.24. The monoisotopic (exact) mass is 405 g/mol. The van der Waals surface area contributed by atoms with Gasteiger partial charge in [0, 0.05) is 10.0 Å². The first-order valence-corrected chi connectivity index (χ1v) is 8.59. The number of furan rings is 1. The summed E-state index contributed by atoms with van der Waals surface area (Å²) in [5.74, 6) is -0.592. The molecule has 1 aromatic carbocycles. The molecule has 0 aliphatic carbocycles. The van der Waals surface area contributed by atoms with Gasteiger partial charge in [-0.25, -0.2) is 4.79 Å². The highest BCUT2D eigenvalue weighted by Gasteiger charge is 2.14. The van der Waals surface area contributed by atoms with Crippen molar-refractivity contribution in [1.29, 1.82) is 0 Å². The third-order valence-electron chi connectivity index (χ3n) is 3.11. The number of nitrogens with one attached hydrogen (secondary N) is 1. The molecule has 7 heteroatoms. The largest absolute Gasteiger partial charge is 0.459 e. The predicted octanol–water partition coefficient (Wildman–Crippen LogP) is 4.71. The molecule has 0 radical (unpaired) electrons. The van der Waals surface area contributed by atoms with Gasteiger partial charge in [-0.1, -0.05) is 34.1 Å². The van der Waals surface area contributed by atoms with E-state index in [1.165, 1.54) is 6.26 Å². The Morgan fingerprint density at radius 1 is 1.12 bits per heavy atom. The lowest BCUT2D eigenvalue weighted by Crippen LogP contribution is -2.09. The van der Waals surface area contributed by atoms with E-state index in [1.807, 2.05) is 24.3 Å². The van der Waals surface area contributed by atoms with Gasteiger partial charge in [-0.3, -0.25) is 4.79 Å². The molecule has 3 aromatic rings. The number of rotatable bonds is 5. The van der Waals surface area contributed by atoms with Gasteiger partial charge in [-0.15, -0.1) is 11.3 Å². The molecule has 122 valence electrons. The average molecular weight is 406 g/mol. The van der Waals surface area contributed by atoms with Crippen molar-refractivity contribution < 1.29 is 18.7 Å². The summed E-state index contributed by atoms with van der Waals surface area (Å²) in [6, 6.07) is 14.0. The van der Waals surface area contributed by atoms with Gasteiger partial charge in [-0.2, -0.15) is 0 Å². The molecule has 0 aliphatic rings. The fraction of sp³-hybridized carbons (Fsp3) is 0.0588. The second kappa shape index (κ2) is 7.46. The number of halogens is 1. The Bertz CT molecular complexity index is 857. The van der Waals surface area contributed by atoms with Crippen molar-refractivity contribution >= 4 is 44.1 Å². The number of ether oxygens (including phenoxy) is 1. The van der Waals surface area contributed by atoms with E-state index in [-0.39, 0.29) is 18.3 Å². The van der Waals surface area contributed by atoms with Crippen LogP contribution in [-0.2, 0) is 11.3 Å². The van der Waals surface area contributed by atoms with Crippen molar-refractivity contribution in [1.82, 2.24) is 0 Å². The van der Waals surface area contributed by atoms with E-state index < -0.39 is 5.97 Å². The van der Waals surface area contributed by atoms with Crippen LogP contribution in [0.1, 0.15) is 25.8 Å². The maximum Gasteiger partial charge on any atom is 0.348 e. The number of thiophene rings is 1. The van der Waals surface area contributed by atoms with Gasteiger partial charge in [0.15, 0.2) is 5.76 Å². The van der Waals surface area contributed by atoms with Crippen molar-refractivity contribution in [3.8, 4) is 0 Å². The van der Waals surface area contributed by atoms with Crippen molar-refractivity contribution in [2.75, 3.05) is 5.32 Å². The molecule has 0 atom stereocenters. The van der Waals surface area contributed by atoms with Gasteiger partial charge >= 0.3 is 5.97 Å². The fourth-order valence-electron chi connectivity index (χ4n) is 1.93. The number of amides is 1. The van der Waals surface area contributed by atoms with Crippen molar-refractivity contribution in [2.24, 2.45) is 0 Å². The summed E-state index contributed by atoms with van der Waals surface area (Å²) in [6.07, 6.45) is 1.42. The van der Waals surface area contributed by atoms with Crippen LogP contribution in [0.5, 0.6) is 0 Å². The Morgan fingerprint density at radius 3 is 2.71 bits per heavy atom. The maximum atomic E-state index is 12.1. The van der Waals surface area contributed by atoms with Crippen molar-refractivity contribution in [2.45, 2.75) is 6.61 Å². The summed E-state index contributed by atoms with van der Waals surface area (Å²) in [5, 5.41) is 3.22. The molecule has 0 saturated carbocycles. The Hall–Kier alpha value is -2.38. The normalized spacial score (nSPS) is 10.4. The highest BCUT2D eigenvalue weighted by atomic mass is 79.9. The third-order valence-corrected chi connectivity index (χ3v) is 4.86. The average Bonchev–Trinajstić information content (AvgIpc) is 3.25. The first-order valence-electron chi connectivity index (χ1n) is 6.99. The lowest BCUT2D eigenvalue weighted by Gasteiger charge is -2.05. The molecule has 1 N–H and O–H groups in total. The molecular weight excluding hydrogens is 394 g/mol. The zero-order valence-corrected chi connectivity index (χ0v) is 14.7. The van der Waals surface area contributed by atoms with Crippen LogP contribution < -0.4 is 5.32 Å². The van der Waals surface area contributed by atoms with Gasteiger partial charge < -0.3 is 14.5 Å². The van der Waals surface area contributed by atoms with Gasteiger partial charge in [0.25, 0.3) is 5.91 Å². The predicted molar refractivity (Wildman–Crippen MR) is 94.2 cm³/mol. The van der Waals surface area contributed by atoms with E-state index >= 15 is 0 Å². The molecule has 0 aliphatic heterocycles. The summed E-state index contributed by atoms with van der Waals surface area (Å²) in [7, 11) is 0. The number of hydrogen-bond donors (Lipinski definition) is 1. The summed E-state index contributed by atoms with van der Waals surface area (Å²) >= 11 is 4.55. The SMILES string of the molecule is O=C(Nc1ccc(C(=O)OCc2ccccc2Br)s1)c1ccco1. The molecule has 1 amide bonds. The number of esters is 1. The molecule has 5 nitrogen and oxygen atoms in total. The second-order valence-electron chi connectivity index (χ2n) is 4.76. The van der Waals surface area contributed by atoms with E-state index in [0.29, 0.717) is 9.88 Å². The van der Waals surface area contributed by atoms with Gasteiger partial charge in [0.1, 0.15) is 11.5 Å². The van der Waals surface area contributed by atoms with E-state index in [9.17, 15) is 9.59 Å². The fourth-order valence-corrected chi connectivity index (χ4v) is 3.12. The molecule has 0 spiro atoms. The van der Waals surface area contributed by atoms with Crippen LogP contribution in [0.25, 0.3) is 0 Å². The summed E-state index contributed by atoms with van der Waals surface area (Å²) < 4.78 is 11.2. The number of carbonyl (C=O) groups excluding carboxylic acids is 2. The molecular formula is C17H12BrNO4S. The first kappa shape index (κ1) is 16.5. The van der Waals surface area contributed by atoms with Crippen molar-refractivity contribution in [3.05, 3.63) is 75.5 Å². The molecule has 24 heavy (non-hydrogen) atoms. The molecule has 0 saturated heterocycles. The van der Waals surface area contributed by atoms with Crippen LogP contribution in [0, 0.1) is 0 Å². The minimum Gasteiger partial charge on any atom is -0.459 e. The van der Waals surface area contributed by atoms with Gasteiger partial charge in [0.2, 0.25) is 0 Å². The summed E-state index contributed by atoms with van der Waals surface area (Å²) in [5.41, 5.74) is 0.883.